The van der Waals surface area contributed by atoms with Gasteiger partial charge in [-0.15, -0.1) is 11.3 Å². The van der Waals surface area contributed by atoms with Crippen molar-refractivity contribution in [3.63, 3.8) is 0 Å². The fourth-order valence-corrected chi connectivity index (χ4v) is 3.91. The lowest BCUT2D eigenvalue weighted by Gasteiger charge is -2.35. The molecule has 23 heavy (non-hydrogen) atoms. The molecule has 122 valence electrons. The summed E-state index contributed by atoms with van der Waals surface area (Å²) < 4.78 is 0. The van der Waals surface area contributed by atoms with E-state index in [0.29, 0.717) is 19.4 Å². The van der Waals surface area contributed by atoms with Crippen molar-refractivity contribution < 1.29 is 9.90 Å². The molecule has 4 nitrogen and oxygen atoms in total. The fourth-order valence-electron chi connectivity index (χ4n) is 3.14. The van der Waals surface area contributed by atoms with Crippen LogP contribution in [0.4, 0.5) is 0 Å². The standard InChI is InChI=1S/C18H22N2O2S/c1-13-12-19-16(23-13)8-10-20(2)17(21)18(22)9-7-14-5-3-4-6-15(14)11-18/h3-6,12,22H,7-11H2,1-2H3. The molecule has 3 rings (SSSR count). The number of fused-ring (bicyclic) bond motifs is 1. The van der Waals surface area contributed by atoms with Crippen molar-refractivity contribution >= 4 is 17.2 Å². The van der Waals surface area contributed by atoms with Gasteiger partial charge in [0.2, 0.25) is 0 Å². The van der Waals surface area contributed by atoms with E-state index in [1.54, 1.807) is 23.3 Å². The SMILES string of the molecule is Cc1cnc(CCN(C)C(=O)C2(O)CCc3ccccc3C2)s1. The Morgan fingerprint density at radius 2 is 2.13 bits per heavy atom. The summed E-state index contributed by atoms with van der Waals surface area (Å²) >= 11 is 1.66. The molecule has 1 heterocycles. The molecule has 0 saturated heterocycles. The molecular formula is C18H22N2O2S. The van der Waals surface area contributed by atoms with Crippen LogP contribution in [0.1, 0.15) is 27.4 Å². The third-order valence-electron chi connectivity index (χ3n) is 4.48. The second kappa shape index (κ2) is 6.42. The number of likely N-dealkylation sites (N-methyl/N-ethyl adjacent to an activating group) is 1. The molecule has 1 aromatic carbocycles. The highest BCUT2D eigenvalue weighted by atomic mass is 32.1. The van der Waals surface area contributed by atoms with Gasteiger partial charge in [-0.2, -0.15) is 0 Å². The molecule has 1 aromatic heterocycles. The lowest BCUT2D eigenvalue weighted by atomic mass is 9.79. The first-order valence-corrected chi connectivity index (χ1v) is 8.76. The molecule has 1 aliphatic rings. The zero-order valence-electron chi connectivity index (χ0n) is 13.6. The number of carbonyl (C=O) groups excluding carboxylic acids is 1. The molecule has 1 amide bonds. The minimum absolute atomic E-state index is 0.180. The third-order valence-corrected chi connectivity index (χ3v) is 5.46. The minimum atomic E-state index is -1.28. The summed E-state index contributed by atoms with van der Waals surface area (Å²) in [6.45, 7) is 2.61. The Hall–Kier alpha value is -1.72. The van der Waals surface area contributed by atoms with Crippen molar-refractivity contribution in [3.8, 4) is 0 Å². The lowest BCUT2D eigenvalue weighted by Crippen LogP contribution is -2.51. The number of nitrogens with zero attached hydrogens (tertiary/aromatic N) is 2. The van der Waals surface area contributed by atoms with Crippen LogP contribution in [0.5, 0.6) is 0 Å². The molecule has 1 N–H and O–H groups in total. The van der Waals surface area contributed by atoms with E-state index in [4.69, 9.17) is 0 Å². The Morgan fingerprint density at radius 3 is 2.83 bits per heavy atom. The number of rotatable bonds is 4. The maximum absolute atomic E-state index is 12.7. The number of hydrogen-bond acceptors (Lipinski definition) is 4. The second-order valence-corrected chi connectivity index (χ2v) is 7.64. The Bertz CT molecular complexity index is 713. The summed E-state index contributed by atoms with van der Waals surface area (Å²) in [6, 6.07) is 8.05. The molecule has 2 aromatic rings. The number of hydrogen-bond donors (Lipinski definition) is 1. The predicted molar refractivity (Wildman–Crippen MR) is 91.6 cm³/mol. The van der Waals surface area contributed by atoms with Crippen molar-refractivity contribution in [2.75, 3.05) is 13.6 Å². The van der Waals surface area contributed by atoms with Crippen LogP contribution in [-0.2, 0) is 24.1 Å². The van der Waals surface area contributed by atoms with Gasteiger partial charge in [0.15, 0.2) is 0 Å². The molecule has 5 heteroatoms. The molecular weight excluding hydrogens is 308 g/mol. The van der Waals surface area contributed by atoms with Gasteiger partial charge in [0, 0.05) is 37.5 Å². The third kappa shape index (κ3) is 3.46. The molecule has 1 atom stereocenters. The van der Waals surface area contributed by atoms with Crippen LogP contribution in [0.3, 0.4) is 0 Å². The van der Waals surface area contributed by atoms with Crippen LogP contribution in [0.2, 0.25) is 0 Å². The Morgan fingerprint density at radius 1 is 1.39 bits per heavy atom. The van der Waals surface area contributed by atoms with Crippen molar-refractivity contribution in [2.24, 2.45) is 0 Å². The average molecular weight is 330 g/mol. The number of benzene rings is 1. The summed E-state index contributed by atoms with van der Waals surface area (Å²) in [7, 11) is 1.77. The molecule has 0 bridgehead atoms. The van der Waals surface area contributed by atoms with Gasteiger partial charge >= 0.3 is 0 Å². The lowest BCUT2D eigenvalue weighted by molar-refractivity contribution is -0.151. The summed E-state index contributed by atoms with van der Waals surface area (Å²) in [5, 5.41) is 11.9. The molecule has 0 spiro atoms. The van der Waals surface area contributed by atoms with Gasteiger partial charge < -0.3 is 10.0 Å². The topological polar surface area (TPSA) is 53.4 Å². The Balaban J connectivity index is 1.65. The van der Waals surface area contributed by atoms with Crippen molar-refractivity contribution in [3.05, 3.63) is 51.5 Å². The summed E-state index contributed by atoms with van der Waals surface area (Å²) in [6.07, 6.45) is 4.23. The highest BCUT2D eigenvalue weighted by molar-refractivity contribution is 7.11. The minimum Gasteiger partial charge on any atom is -0.380 e. The Labute approximate surface area is 140 Å². The van der Waals surface area contributed by atoms with Crippen molar-refractivity contribution in [1.29, 1.82) is 0 Å². The fraction of sp³-hybridized carbons (Fsp3) is 0.444. The largest absolute Gasteiger partial charge is 0.380 e. The monoisotopic (exact) mass is 330 g/mol. The number of aliphatic hydroxyl groups is 1. The maximum atomic E-state index is 12.7. The summed E-state index contributed by atoms with van der Waals surface area (Å²) in [4.78, 5) is 19.9. The van der Waals surface area contributed by atoms with E-state index in [9.17, 15) is 9.90 Å². The van der Waals surface area contributed by atoms with Gasteiger partial charge in [0.1, 0.15) is 5.60 Å². The van der Waals surface area contributed by atoms with Gasteiger partial charge in [-0.1, -0.05) is 24.3 Å². The van der Waals surface area contributed by atoms with Gasteiger partial charge in [-0.3, -0.25) is 4.79 Å². The van der Waals surface area contributed by atoms with Crippen LogP contribution in [0.25, 0.3) is 0 Å². The Kier molecular flexibility index (Phi) is 4.50. The number of carbonyl (C=O) groups is 1. The molecule has 0 radical (unpaired) electrons. The summed E-state index contributed by atoms with van der Waals surface area (Å²) in [5.41, 5.74) is 1.05. The first kappa shape index (κ1) is 16.1. The smallest absolute Gasteiger partial charge is 0.254 e. The highest BCUT2D eigenvalue weighted by Crippen LogP contribution is 2.30. The number of amides is 1. The van der Waals surface area contributed by atoms with E-state index < -0.39 is 5.60 Å². The van der Waals surface area contributed by atoms with E-state index in [2.05, 4.69) is 11.1 Å². The molecule has 1 aliphatic carbocycles. The molecule has 0 fully saturated rings. The average Bonchev–Trinajstić information content (AvgIpc) is 2.97. The molecule has 1 unspecified atom stereocenters. The normalized spacial score (nSPS) is 20.1. The van der Waals surface area contributed by atoms with E-state index >= 15 is 0 Å². The first-order chi connectivity index (χ1) is 11.0. The van der Waals surface area contributed by atoms with Crippen molar-refractivity contribution in [1.82, 2.24) is 9.88 Å². The zero-order valence-corrected chi connectivity index (χ0v) is 14.4. The number of aryl methyl sites for hydroxylation is 2. The van der Waals surface area contributed by atoms with E-state index in [0.717, 1.165) is 23.4 Å². The van der Waals surface area contributed by atoms with Gasteiger partial charge in [-0.25, -0.2) is 4.98 Å². The van der Waals surface area contributed by atoms with Gasteiger partial charge in [0.05, 0.1) is 5.01 Å². The number of aromatic nitrogens is 1. The van der Waals surface area contributed by atoms with Gasteiger partial charge in [0.25, 0.3) is 5.91 Å². The van der Waals surface area contributed by atoms with Crippen LogP contribution in [0, 0.1) is 6.92 Å². The van der Waals surface area contributed by atoms with Crippen LogP contribution in [0.15, 0.2) is 30.5 Å². The van der Waals surface area contributed by atoms with E-state index in [1.165, 1.54) is 10.4 Å². The highest BCUT2D eigenvalue weighted by Gasteiger charge is 2.40. The molecule has 0 saturated carbocycles. The number of thiazole rings is 1. The van der Waals surface area contributed by atoms with E-state index in [1.807, 2.05) is 31.3 Å². The van der Waals surface area contributed by atoms with Crippen LogP contribution in [-0.4, -0.2) is 40.1 Å². The van der Waals surface area contributed by atoms with E-state index in [-0.39, 0.29) is 5.91 Å². The first-order valence-electron chi connectivity index (χ1n) is 7.94. The maximum Gasteiger partial charge on any atom is 0.254 e. The molecule has 0 aliphatic heterocycles. The van der Waals surface area contributed by atoms with Crippen LogP contribution < -0.4 is 0 Å². The second-order valence-electron chi connectivity index (χ2n) is 6.32. The van der Waals surface area contributed by atoms with Crippen molar-refractivity contribution in [2.45, 2.75) is 38.2 Å². The van der Waals surface area contributed by atoms with Crippen LogP contribution >= 0.6 is 11.3 Å². The predicted octanol–water partition coefficient (Wildman–Crippen LogP) is 2.37. The quantitative estimate of drug-likeness (QED) is 0.936. The summed E-state index contributed by atoms with van der Waals surface area (Å²) in [5.74, 6) is -0.180. The zero-order chi connectivity index (χ0) is 16.4. The van der Waals surface area contributed by atoms with Gasteiger partial charge in [-0.05, 0) is 30.9 Å².